The number of hydrogen-bond donors (Lipinski definition) is 3. The second-order valence-electron chi connectivity index (χ2n) is 7.68. The molecule has 0 amide bonds. The van der Waals surface area contributed by atoms with Crippen LogP contribution in [-0.4, -0.2) is 42.3 Å². The Kier molecular flexibility index (Phi) is 5.91. The smallest absolute Gasteiger partial charge is 0.223 e. The molecule has 0 radical (unpaired) electrons. The monoisotopic (exact) mass is 421 g/mol. The van der Waals surface area contributed by atoms with Crippen LogP contribution in [0.3, 0.4) is 0 Å². The number of ether oxygens (including phenoxy) is 2. The fourth-order valence-electron chi connectivity index (χ4n) is 4.23. The van der Waals surface area contributed by atoms with E-state index in [9.17, 15) is 0 Å². The normalized spacial score (nSPS) is 21.5. The molecule has 2 atom stereocenters. The minimum Gasteiger partial charge on any atom is -0.497 e. The van der Waals surface area contributed by atoms with Crippen molar-refractivity contribution < 1.29 is 9.47 Å². The summed E-state index contributed by atoms with van der Waals surface area (Å²) in [7, 11) is 1.65. The van der Waals surface area contributed by atoms with Gasteiger partial charge in [-0.25, -0.2) is 0 Å². The van der Waals surface area contributed by atoms with Crippen molar-refractivity contribution in [3.63, 3.8) is 0 Å². The highest BCUT2D eigenvalue weighted by Gasteiger charge is 2.45. The summed E-state index contributed by atoms with van der Waals surface area (Å²) in [5, 5.41) is 1.18. The third kappa shape index (κ3) is 3.87. The van der Waals surface area contributed by atoms with E-state index < -0.39 is 12.1 Å². The van der Waals surface area contributed by atoms with Gasteiger partial charge in [-0.1, -0.05) is 18.2 Å². The van der Waals surface area contributed by atoms with Crippen LogP contribution in [0.5, 0.6) is 5.75 Å². The van der Waals surface area contributed by atoms with Crippen LogP contribution in [0.25, 0.3) is 10.9 Å². The van der Waals surface area contributed by atoms with Crippen molar-refractivity contribution in [3.8, 4) is 5.75 Å². The molecule has 4 rings (SSSR count). The molecular weight excluding hydrogens is 390 g/mol. The summed E-state index contributed by atoms with van der Waals surface area (Å²) in [5.41, 5.74) is 17.7. The van der Waals surface area contributed by atoms with Gasteiger partial charge < -0.3 is 19.4 Å². The van der Waals surface area contributed by atoms with Crippen LogP contribution in [0.4, 0.5) is 5.69 Å². The number of nitrogens with two attached hydrogens (primary N) is 2. The van der Waals surface area contributed by atoms with Crippen molar-refractivity contribution in [1.29, 1.82) is 0 Å². The fourth-order valence-corrected chi connectivity index (χ4v) is 4.23. The number of benzene rings is 2. The number of aromatic nitrogens is 1. The topological polar surface area (TPSA) is 92.8 Å². The minimum atomic E-state index is -1.20. The Hall–Kier alpha value is -3.00. The summed E-state index contributed by atoms with van der Waals surface area (Å²) in [5.74, 6) is -0.462. The lowest BCUT2D eigenvalue weighted by Gasteiger charge is -2.52. The van der Waals surface area contributed by atoms with Crippen LogP contribution in [-0.2, 0) is 11.2 Å². The van der Waals surface area contributed by atoms with Gasteiger partial charge in [0.2, 0.25) is 5.85 Å². The van der Waals surface area contributed by atoms with Gasteiger partial charge in [0.25, 0.3) is 0 Å². The second kappa shape index (κ2) is 8.63. The van der Waals surface area contributed by atoms with E-state index in [2.05, 4.69) is 47.3 Å². The number of fused-ring (bicyclic) bond motifs is 1. The summed E-state index contributed by atoms with van der Waals surface area (Å²) in [6, 6.07) is 16.2. The molecule has 5 N–H and O–H groups in total. The van der Waals surface area contributed by atoms with Gasteiger partial charge in [0, 0.05) is 54.8 Å². The van der Waals surface area contributed by atoms with Crippen molar-refractivity contribution in [2.24, 2.45) is 11.5 Å². The maximum atomic E-state index is 7.01. The van der Waals surface area contributed by atoms with Crippen molar-refractivity contribution >= 4 is 16.6 Å². The molecule has 2 unspecified atom stereocenters. The average Bonchev–Trinajstić information content (AvgIpc) is 3.24. The van der Waals surface area contributed by atoms with Crippen LogP contribution >= 0.6 is 0 Å². The molecule has 3 aromatic rings. The lowest BCUT2D eigenvalue weighted by molar-refractivity contribution is -0.0351. The highest BCUT2D eigenvalue weighted by molar-refractivity contribution is 5.80. The molecule has 0 spiro atoms. The van der Waals surface area contributed by atoms with E-state index in [-0.39, 0.29) is 0 Å². The number of methoxy groups -OCH3 is 1. The predicted molar refractivity (Wildman–Crippen MR) is 124 cm³/mol. The van der Waals surface area contributed by atoms with Crippen molar-refractivity contribution in [2.45, 2.75) is 32.4 Å². The summed E-state index contributed by atoms with van der Waals surface area (Å²) in [6.45, 7) is 5.21. The lowest BCUT2D eigenvalue weighted by atomic mass is 9.97. The van der Waals surface area contributed by atoms with E-state index in [0.717, 1.165) is 34.6 Å². The Morgan fingerprint density at radius 2 is 1.97 bits per heavy atom. The number of rotatable bonds is 7. The largest absolute Gasteiger partial charge is 0.497 e. The summed E-state index contributed by atoms with van der Waals surface area (Å²) >= 11 is 0. The highest BCUT2D eigenvalue weighted by Crippen LogP contribution is 2.37. The van der Waals surface area contributed by atoms with Crippen LogP contribution in [0.2, 0.25) is 0 Å². The standard InChI is InChI=1S/C24H31N5O2/c1-4-28-16-19(13-17-9-10-18-11-12-27-22(18)14-17)24(26,31-5-2)29(23(28)25)20-7-6-8-21(15-20)30-3/h6-12,14-16,23,27H,4-5,13,25-26H2,1-3H3. The number of H-pyrrole nitrogens is 1. The number of aromatic amines is 1. The predicted octanol–water partition coefficient (Wildman–Crippen LogP) is 3.34. The van der Waals surface area contributed by atoms with Gasteiger partial charge in [-0.15, -0.1) is 0 Å². The molecule has 0 saturated heterocycles. The van der Waals surface area contributed by atoms with Crippen LogP contribution in [0, 0.1) is 0 Å². The van der Waals surface area contributed by atoms with Gasteiger partial charge >= 0.3 is 0 Å². The van der Waals surface area contributed by atoms with E-state index in [1.165, 1.54) is 5.39 Å². The quantitative estimate of drug-likeness (QED) is 0.507. The first kappa shape index (κ1) is 21.2. The molecule has 2 heterocycles. The Morgan fingerprint density at radius 3 is 2.71 bits per heavy atom. The maximum Gasteiger partial charge on any atom is 0.223 e. The Bertz CT molecular complexity index is 1080. The van der Waals surface area contributed by atoms with Crippen molar-refractivity contribution in [1.82, 2.24) is 9.88 Å². The number of nitrogens with zero attached hydrogens (tertiary/aromatic N) is 2. The van der Waals surface area contributed by atoms with Crippen LogP contribution in [0.15, 0.2) is 66.5 Å². The number of nitrogens with one attached hydrogen (secondary N) is 1. The molecule has 7 nitrogen and oxygen atoms in total. The molecule has 0 fully saturated rings. The van der Waals surface area contributed by atoms with Gasteiger partial charge in [-0.2, -0.15) is 0 Å². The van der Waals surface area contributed by atoms with Gasteiger partial charge in [0.1, 0.15) is 5.75 Å². The molecule has 31 heavy (non-hydrogen) atoms. The van der Waals surface area contributed by atoms with E-state index in [4.69, 9.17) is 20.9 Å². The highest BCUT2D eigenvalue weighted by atomic mass is 16.5. The Morgan fingerprint density at radius 1 is 1.13 bits per heavy atom. The Balaban J connectivity index is 1.79. The first-order valence-corrected chi connectivity index (χ1v) is 10.6. The molecule has 1 aliphatic rings. The van der Waals surface area contributed by atoms with Crippen molar-refractivity contribution in [2.75, 3.05) is 25.2 Å². The molecule has 0 saturated carbocycles. The molecule has 7 heteroatoms. The zero-order valence-electron chi connectivity index (χ0n) is 18.3. The van der Waals surface area contributed by atoms with Gasteiger partial charge in [0.15, 0.2) is 6.29 Å². The first-order chi connectivity index (χ1) is 15.0. The third-order valence-electron chi connectivity index (χ3n) is 5.82. The van der Waals surface area contributed by atoms with Crippen LogP contribution < -0.4 is 21.1 Å². The van der Waals surface area contributed by atoms with Gasteiger partial charge in [0.05, 0.1) is 7.11 Å². The van der Waals surface area contributed by atoms with E-state index in [1.807, 2.05) is 42.3 Å². The van der Waals surface area contributed by atoms with Crippen molar-refractivity contribution in [3.05, 3.63) is 72.1 Å². The second-order valence-corrected chi connectivity index (χ2v) is 7.68. The number of hydrogen-bond acceptors (Lipinski definition) is 6. The van der Waals surface area contributed by atoms with E-state index in [0.29, 0.717) is 13.0 Å². The molecular formula is C24H31N5O2. The zero-order valence-corrected chi connectivity index (χ0v) is 18.3. The average molecular weight is 422 g/mol. The van der Waals surface area contributed by atoms with Crippen LogP contribution in [0.1, 0.15) is 19.4 Å². The number of anilines is 1. The van der Waals surface area contributed by atoms with Gasteiger partial charge in [-0.05, 0) is 49.1 Å². The molecule has 1 aliphatic heterocycles. The lowest BCUT2D eigenvalue weighted by Crippen LogP contribution is -2.71. The van der Waals surface area contributed by atoms with E-state index in [1.54, 1.807) is 7.11 Å². The molecule has 2 aromatic carbocycles. The summed E-state index contributed by atoms with van der Waals surface area (Å²) < 4.78 is 11.6. The SMILES string of the molecule is CCOC1(N)C(Cc2ccc3cc[nH]c3c2)=CN(CC)C(N)N1c1cccc(OC)c1. The summed E-state index contributed by atoms with van der Waals surface area (Å²) in [6.07, 6.45) is 4.15. The maximum absolute atomic E-state index is 7.01. The fraction of sp³-hybridized carbons (Fsp3) is 0.333. The zero-order chi connectivity index (χ0) is 22.0. The molecule has 164 valence electrons. The first-order valence-electron chi connectivity index (χ1n) is 10.6. The third-order valence-corrected chi connectivity index (χ3v) is 5.82. The summed E-state index contributed by atoms with van der Waals surface area (Å²) in [4.78, 5) is 7.29. The Labute approximate surface area is 183 Å². The van der Waals surface area contributed by atoms with E-state index >= 15 is 0 Å². The molecule has 1 aromatic heterocycles. The minimum absolute atomic E-state index is 0.447. The molecule has 0 bridgehead atoms. The van der Waals surface area contributed by atoms with Gasteiger partial charge in [-0.3, -0.25) is 16.4 Å². The molecule has 0 aliphatic carbocycles.